The lowest BCUT2D eigenvalue weighted by Crippen LogP contribution is -2.37. The van der Waals surface area contributed by atoms with Gasteiger partial charge in [-0.3, -0.25) is 0 Å². The molecule has 0 atom stereocenters. The highest BCUT2D eigenvalue weighted by Gasteiger charge is 2.32. The van der Waals surface area contributed by atoms with E-state index in [9.17, 15) is 8.42 Å². The van der Waals surface area contributed by atoms with Crippen LogP contribution < -0.4 is 0 Å². The van der Waals surface area contributed by atoms with Gasteiger partial charge in [0.05, 0.1) is 4.90 Å². The van der Waals surface area contributed by atoms with Crippen LogP contribution in [0, 0.1) is 0 Å². The van der Waals surface area contributed by atoms with Gasteiger partial charge in [-0.1, -0.05) is 29.8 Å². The average molecular weight is 414 g/mol. The topological polar surface area (TPSA) is 76.3 Å². The van der Waals surface area contributed by atoms with Crippen molar-refractivity contribution in [2.24, 2.45) is 0 Å². The van der Waals surface area contributed by atoms with Crippen molar-refractivity contribution in [1.29, 1.82) is 0 Å². The fraction of sp³-hybridized carbons (Fsp3) is 0.500. The maximum Gasteiger partial charge on any atom is 0.243 e. The van der Waals surface area contributed by atoms with Gasteiger partial charge in [0, 0.05) is 29.4 Å². The van der Waals surface area contributed by atoms with E-state index in [4.69, 9.17) is 4.42 Å². The molecule has 0 aliphatic carbocycles. The van der Waals surface area contributed by atoms with Crippen molar-refractivity contribution in [3.63, 3.8) is 0 Å². The van der Waals surface area contributed by atoms with Crippen LogP contribution in [0.25, 0.3) is 0 Å². The predicted octanol–water partition coefficient (Wildman–Crippen LogP) is 3.52. The molecule has 0 spiro atoms. The fourth-order valence-corrected chi connectivity index (χ4v) is 4.48. The molecule has 0 unspecified atom stereocenters. The first-order valence-corrected chi connectivity index (χ1v) is 10.2. The lowest BCUT2D eigenvalue weighted by molar-refractivity contribution is 0.285. The highest BCUT2D eigenvalue weighted by molar-refractivity contribution is 9.10. The lowest BCUT2D eigenvalue weighted by atomic mass is 9.98. The first-order valence-electron chi connectivity index (χ1n) is 7.97. The van der Waals surface area contributed by atoms with Gasteiger partial charge in [-0.25, -0.2) is 8.42 Å². The Hall–Kier alpha value is -1.25. The van der Waals surface area contributed by atoms with E-state index in [1.54, 1.807) is 24.3 Å². The molecule has 2 heterocycles. The molecular formula is C16H20BrN3O3S. The van der Waals surface area contributed by atoms with Crippen molar-refractivity contribution in [1.82, 2.24) is 14.5 Å². The summed E-state index contributed by atoms with van der Waals surface area (Å²) < 4.78 is 33.5. The van der Waals surface area contributed by atoms with Gasteiger partial charge < -0.3 is 4.42 Å². The number of aromatic nitrogens is 2. The van der Waals surface area contributed by atoms with Crippen LogP contribution in [0.2, 0.25) is 0 Å². The summed E-state index contributed by atoms with van der Waals surface area (Å²) in [5, 5.41) is 8.19. The number of sulfonamides is 1. The molecule has 1 aliphatic rings. The summed E-state index contributed by atoms with van der Waals surface area (Å²) in [5.74, 6) is 1.58. The van der Waals surface area contributed by atoms with E-state index < -0.39 is 10.0 Å². The number of hydrogen-bond acceptors (Lipinski definition) is 5. The number of hydrogen-bond donors (Lipinski definition) is 0. The minimum Gasteiger partial charge on any atom is -0.425 e. The van der Waals surface area contributed by atoms with Crippen LogP contribution in [0.15, 0.2) is 38.1 Å². The van der Waals surface area contributed by atoms with Crippen LogP contribution in [0.4, 0.5) is 0 Å². The van der Waals surface area contributed by atoms with Crippen LogP contribution in [0.3, 0.4) is 0 Å². The maximum atomic E-state index is 12.7. The number of halogens is 1. The SMILES string of the molecule is CC(C)c1nnc(C2CCN(S(=O)(=O)c3ccc(Br)cc3)CC2)o1. The summed E-state index contributed by atoms with van der Waals surface area (Å²) in [7, 11) is -3.45. The second-order valence-corrected chi connectivity index (χ2v) is 9.12. The third-order valence-corrected chi connectivity index (χ3v) is 6.65. The molecule has 130 valence electrons. The smallest absolute Gasteiger partial charge is 0.243 e. The standard InChI is InChI=1S/C16H20BrN3O3S/c1-11(2)15-18-19-16(23-15)12-7-9-20(10-8-12)24(21,22)14-5-3-13(17)4-6-14/h3-6,11-12H,7-10H2,1-2H3. The second-order valence-electron chi connectivity index (χ2n) is 6.27. The monoisotopic (exact) mass is 413 g/mol. The third kappa shape index (κ3) is 3.55. The largest absolute Gasteiger partial charge is 0.425 e. The molecule has 2 aromatic rings. The molecule has 1 aromatic carbocycles. The molecule has 0 N–H and O–H groups in total. The molecule has 1 aliphatic heterocycles. The van der Waals surface area contributed by atoms with Crippen molar-refractivity contribution >= 4 is 26.0 Å². The Bertz CT molecular complexity index is 794. The lowest BCUT2D eigenvalue weighted by Gasteiger charge is -2.29. The number of nitrogens with zero attached hydrogens (tertiary/aromatic N) is 3. The minimum atomic E-state index is -3.45. The molecule has 1 saturated heterocycles. The summed E-state index contributed by atoms with van der Waals surface area (Å²) >= 11 is 3.32. The Morgan fingerprint density at radius 3 is 2.33 bits per heavy atom. The van der Waals surface area contributed by atoms with Crippen LogP contribution in [0.5, 0.6) is 0 Å². The Morgan fingerprint density at radius 2 is 1.79 bits per heavy atom. The molecule has 8 heteroatoms. The van der Waals surface area contributed by atoms with Gasteiger partial charge in [0.1, 0.15) is 0 Å². The highest BCUT2D eigenvalue weighted by Crippen LogP contribution is 2.31. The predicted molar refractivity (Wildman–Crippen MR) is 93.3 cm³/mol. The molecular weight excluding hydrogens is 394 g/mol. The van der Waals surface area contributed by atoms with Crippen LogP contribution >= 0.6 is 15.9 Å². The van der Waals surface area contributed by atoms with Gasteiger partial charge in [0.25, 0.3) is 0 Å². The molecule has 1 aromatic heterocycles. The Balaban J connectivity index is 1.68. The first kappa shape index (κ1) is 17.6. The summed E-state index contributed by atoms with van der Waals surface area (Å²) in [6.45, 7) is 4.93. The van der Waals surface area contributed by atoms with Crippen LogP contribution in [-0.4, -0.2) is 36.0 Å². The van der Waals surface area contributed by atoms with E-state index in [-0.39, 0.29) is 11.8 Å². The van der Waals surface area contributed by atoms with Gasteiger partial charge in [0.2, 0.25) is 21.8 Å². The van der Waals surface area contributed by atoms with Crippen LogP contribution in [-0.2, 0) is 10.0 Å². The van der Waals surface area contributed by atoms with Crippen molar-refractivity contribution in [3.8, 4) is 0 Å². The van der Waals surface area contributed by atoms with E-state index in [2.05, 4.69) is 26.1 Å². The fourth-order valence-electron chi connectivity index (χ4n) is 2.74. The highest BCUT2D eigenvalue weighted by atomic mass is 79.9. The Kier molecular flexibility index (Phi) is 5.08. The van der Waals surface area contributed by atoms with Gasteiger partial charge in [-0.2, -0.15) is 4.31 Å². The van der Waals surface area contributed by atoms with Gasteiger partial charge in [-0.15, -0.1) is 10.2 Å². The number of rotatable bonds is 4. The number of benzene rings is 1. The Morgan fingerprint density at radius 1 is 1.17 bits per heavy atom. The average Bonchev–Trinajstić information content (AvgIpc) is 3.06. The molecule has 24 heavy (non-hydrogen) atoms. The Labute approximate surface area is 150 Å². The summed E-state index contributed by atoms with van der Waals surface area (Å²) in [6, 6.07) is 6.73. The first-order chi connectivity index (χ1) is 11.4. The van der Waals surface area contributed by atoms with E-state index in [1.807, 2.05) is 13.8 Å². The second kappa shape index (κ2) is 6.93. The van der Waals surface area contributed by atoms with Crippen molar-refractivity contribution in [2.75, 3.05) is 13.1 Å². The minimum absolute atomic E-state index is 0.126. The summed E-state index contributed by atoms with van der Waals surface area (Å²) in [6.07, 6.45) is 1.38. The summed E-state index contributed by atoms with van der Waals surface area (Å²) in [4.78, 5) is 0.323. The third-order valence-electron chi connectivity index (χ3n) is 4.20. The van der Waals surface area contributed by atoms with Gasteiger partial charge in [-0.05, 0) is 37.1 Å². The van der Waals surface area contributed by atoms with Crippen LogP contribution in [0.1, 0.15) is 50.3 Å². The van der Waals surface area contributed by atoms with Crippen molar-refractivity contribution < 1.29 is 12.8 Å². The normalized spacial score (nSPS) is 17.5. The van der Waals surface area contributed by atoms with Crippen molar-refractivity contribution in [2.45, 2.75) is 43.4 Å². The zero-order valence-corrected chi connectivity index (χ0v) is 16.0. The van der Waals surface area contributed by atoms with E-state index in [0.717, 1.165) is 4.47 Å². The number of piperidine rings is 1. The molecule has 0 bridgehead atoms. The molecule has 1 fully saturated rings. The van der Waals surface area contributed by atoms with E-state index >= 15 is 0 Å². The van der Waals surface area contributed by atoms with Gasteiger partial charge >= 0.3 is 0 Å². The molecule has 3 rings (SSSR count). The molecule has 0 amide bonds. The zero-order chi connectivity index (χ0) is 17.3. The quantitative estimate of drug-likeness (QED) is 0.765. The van der Waals surface area contributed by atoms with Gasteiger partial charge in [0.15, 0.2) is 0 Å². The molecule has 0 saturated carbocycles. The van der Waals surface area contributed by atoms with E-state index in [1.165, 1.54) is 4.31 Å². The summed E-state index contributed by atoms with van der Waals surface area (Å²) in [5.41, 5.74) is 0. The maximum absolute atomic E-state index is 12.7. The molecule has 6 nitrogen and oxygen atoms in total. The van der Waals surface area contributed by atoms with Crippen molar-refractivity contribution in [3.05, 3.63) is 40.5 Å². The van der Waals surface area contributed by atoms with E-state index in [0.29, 0.717) is 42.6 Å². The molecule has 0 radical (unpaired) electrons. The zero-order valence-electron chi connectivity index (χ0n) is 13.6.